The number of aromatic nitrogens is 3. The maximum atomic E-state index is 12.5. The summed E-state index contributed by atoms with van der Waals surface area (Å²) in [5.74, 6) is -0.138. The fourth-order valence-electron chi connectivity index (χ4n) is 2.33. The number of carbonyl (C=O) groups is 1. The number of anilines is 1. The molecule has 4 aromatic rings. The Bertz CT molecular complexity index is 1080. The maximum Gasteiger partial charge on any atom is 0.239 e. The summed E-state index contributed by atoms with van der Waals surface area (Å²) in [6, 6.07) is 15.4. The lowest BCUT2D eigenvalue weighted by Gasteiger charge is -2.07. The van der Waals surface area contributed by atoms with E-state index in [-0.39, 0.29) is 11.2 Å². The second kappa shape index (κ2) is 7.93. The number of hydrogen-bond donors (Lipinski definition) is 1. The van der Waals surface area contributed by atoms with E-state index in [2.05, 4.69) is 20.5 Å². The number of thioether (sulfide) groups is 1. The first-order valence-corrected chi connectivity index (χ1v) is 10.9. The van der Waals surface area contributed by atoms with Gasteiger partial charge in [0.25, 0.3) is 0 Å². The van der Waals surface area contributed by atoms with E-state index >= 15 is 0 Å². The molecular formula is C18H13ClN4OS3. The van der Waals surface area contributed by atoms with Crippen LogP contribution in [0.2, 0.25) is 5.02 Å². The van der Waals surface area contributed by atoms with Crippen molar-refractivity contribution in [2.45, 2.75) is 16.5 Å². The summed E-state index contributed by atoms with van der Waals surface area (Å²) in [6.45, 7) is 1.85. The summed E-state index contributed by atoms with van der Waals surface area (Å²) >= 11 is 10.5. The van der Waals surface area contributed by atoms with Crippen LogP contribution in [0.3, 0.4) is 0 Å². The van der Waals surface area contributed by atoms with E-state index < -0.39 is 0 Å². The zero-order chi connectivity index (χ0) is 18.8. The highest BCUT2D eigenvalue weighted by Gasteiger charge is 2.19. The summed E-state index contributed by atoms with van der Waals surface area (Å²) in [5, 5.41) is 12.4. The van der Waals surface area contributed by atoms with E-state index in [1.165, 1.54) is 23.1 Å². The largest absolute Gasteiger partial charge is 0.300 e. The van der Waals surface area contributed by atoms with Gasteiger partial charge in [0.15, 0.2) is 9.35 Å². The summed E-state index contributed by atoms with van der Waals surface area (Å²) in [4.78, 5) is 17.1. The van der Waals surface area contributed by atoms with Gasteiger partial charge in [-0.25, -0.2) is 4.98 Å². The van der Waals surface area contributed by atoms with Gasteiger partial charge < -0.3 is 0 Å². The molecule has 4 rings (SSSR count). The lowest BCUT2D eigenvalue weighted by atomic mass is 10.2. The molecule has 0 saturated heterocycles. The SMILES string of the molecule is C[C@H](Sc1nc2ccccc2s1)C(=O)Nc1nnc(-c2ccccc2Cl)s1. The number of amides is 1. The summed E-state index contributed by atoms with van der Waals surface area (Å²) in [5.41, 5.74) is 1.75. The first-order chi connectivity index (χ1) is 13.1. The third-order valence-electron chi connectivity index (χ3n) is 3.68. The van der Waals surface area contributed by atoms with Crippen LogP contribution in [0.25, 0.3) is 20.8 Å². The maximum absolute atomic E-state index is 12.5. The van der Waals surface area contributed by atoms with Crippen molar-refractivity contribution in [3.8, 4) is 10.6 Å². The molecule has 9 heteroatoms. The second-order valence-corrected chi connectivity index (χ2v) is 9.59. The van der Waals surface area contributed by atoms with Gasteiger partial charge in [-0.15, -0.1) is 21.5 Å². The molecule has 0 aliphatic rings. The molecule has 2 aromatic carbocycles. The molecule has 5 nitrogen and oxygen atoms in total. The van der Waals surface area contributed by atoms with Gasteiger partial charge in [0.2, 0.25) is 11.0 Å². The molecule has 136 valence electrons. The van der Waals surface area contributed by atoms with Crippen molar-refractivity contribution in [2.24, 2.45) is 0 Å². The first-order valence-electron chi connectivity index (χ1n) is 8.01. The molecular weight excluding hydrogens is 420 g/mol. The van der Waals surface area contributed by atoms with Crippen LogP contribution in [0, 0.1) is 0 Å². The van der Waals surface area contributed by atoms with E-state index in [0.717, 1.165) is 20.1 Å². The number of benzene rings is 2. The second-order valence-electron chi connectivity index (χ2n) is 5.59. The molecule has 0 fully saturated rings. The standard InChI is InChI=1S/C18H13ClN4OS3/c1-10(25-18-20-13-8-4-5-9-14(13)26-18)15(24)21-17-23-22-16(27-17)11-6-2-3-7-12(11)19/h2-10H,1H3,(H,21,23,24)/t10-/m0/s1. The van der Waals surface area contributed by atoms with Crippen molar-refractivity contribution in [3.63, 3.8) is 0 Å². The molecule has 1 N–H and O–H groups in total. The number of rotatable bonds is 5. The Morgan fingerprint density at radius 3 is 2.70 bits per heavy atom. The fraction of sp³-hybridized carbons (Fsp3) is 0.111. The Balaban J connectivity index is 1.43. The number of carbonyl (C=O) groups excluding carboxylic acids is 1. The van der Waals surface area contributed by atoms with Crippen LogP contribution in [-0.4, -0.2) is 26.3 Å². The van der Waals surface area contributed by atoms with Crippen molar-refractivity contribution in [3.05, 3.63) is 53.6 Å². The predicted octanol–water partition coefficient (Wildman–Crippen LogP) is 5.59. The van der Waals surface area contributed by atoms with Crippen molar-refractivity contribution >= 4 is 67.3 Å². The Morgan fingerprint density at radius 1 is 1.11 bits per heavy atom. The third-order valence-corrected chi connectivity index (χ3v) is 7.11. The molecule has 0 aliphatic heterocycles. The van der Waals surface area contributed by atoms with Gasteiger partial charge in [-0.1, -0.05) is 65.0 Å². The summed E-state index contributed by atoms with van der Waals surface area (Å²) < 4.78 is 1.98. The molecule has 0 aliphatic carbocycles. The number of fused-ring (bicyclic) bond motifs is 1. The van der Waals surface area contributed by atoms with Gasteiger partial charge in [0.05, 0.1) is 20.5 Å². The normalized spacial score (nSPS) is 12.2. The average Bonchev–Trinajstić information content (AvgIpc) is 3.28. The van der Waals surface area contributed by atoms with Crippen LogP contribution < -0.4 is 5.32 Å². The monoisotopic (exact) mass is 432 g/mol. The summed E-state index contributed by atoms with van der Waals surface area (Å²) in [7, 11) is 0. The van der Waals surface area contributed by atoms with Crippen molar-refractivity contribution in [2.75, 3.05) is 5.32 Å². The summed E-state index contributed by atoms with van der Waals surface area (Å²) in [6.07, 6.45) is 0. The highest BCUT2D eigenvalue weighted by molar-refractivity contribution is 8.02. The highest BCUT2D eigenvalue weighted by Crippen LogP contribution is 2.34. The fourth-order valence-corrected chi connectivity index (χ4v) is 5.61. The Hall–Kier alpha value is -2.00. The highest BCUT2D eigenvalue weighted by atomic mass is 35.5. The zero-order valence-corrected chi connectivity index (χ0v) is 17.3. The van der Waals surface area contributed by atoms with Gasteiger partial charge in [-0.05, 0) is 25.1 Å². The van der Waals surface area contributed by atoms with Crippen molar-refractivity contribution in [1.82, 2.24) is 15.2 Å². The predicted molar refractivity (Wildman–Crippen MR) is 114 cm³/mol. The topological polar surface area (TPSA) is 67.8 Å². The quantitative estimate of drug-likeness (QED) is 0.416. The zero-order valence-electron chi connectivity index (χ0n) is 14.0. The molecule has 0 unspecified atom stereocenters. The Morgan fingerprint density at radius 2 is 1.89 bits per heavy atom. The third kappa shape index (κ3) is 4.14. The number of thiazole rings is 1. The Labute approximate surface area is 172 Å². The number of para-hydroxylation sites is 1. The van der Waals surface area contributed by atoms with Crippen LogP contribution in [0.5, 0.6) is 0 Å². The van der Waals surface area contributed by atoms with Gasteiger partial charge in [-0.2, -0.15) is 0 Å². The van der Waals surface area contributed by atoms with E-state index in [9.17, 15) is 4.79 Å². The van der Waals surface area contributed by atoms with E-state index in [1.54, 1.807) is 17.4 Å². The van der Waals surface area contributed by atoms with Crippen LogP contribution in [0.4, 0.5) is 5.13 Å². The van der Waals surface area contributed by atoms with Crippen LogP contribution in [-0.2, 0) is 4.79 Å². The molecule has 0 radical (unpaired) electrons. The van der Waals surface area contributed by atoms with Gasteiger partial charge in [0.1, 0.15) is 0 Å². The number of halogens is 1. The molecule has 27 heavy (non-hydrogen) atoms. The molecule has 0 saturated carbocycles. The molecule has 2 heterocycles. The van der Waals surface area contributed by atoms with Crippen molar-refractivity contribution in [1.29, 1.82) is 0 Å². The molecule has 0 spiro atoms. The minimum Gasteiger partial charge on any atom is -0.300 e. The number of nitrogens with zero attached hydrogens (tertiary/aromatic N) is 3. The van der Waals surface area contributed by atoms with Crippen LogP contribution >= 0.6 is 46.0 Å². The van der Waals surface area contributed by atoms with Crippen LogP contribution in [0.15, 0.2) is 52.9 Å². The first kappa shape index (κ1) is 18.4. The average molecular weight is 433 g/mol. The lowest BCUT2D eigenvalue weighted by Crippen LogP contribution is -2.22. The van der Waals surface area contributed by atoms with E-state index in [0.29, 0.717) is 15.2 Å². The number of nitrogens with one attached hydrogen (secondary N) is 1. The van der Waals surface area contributed by atoms with Gasteiger partial charge in [0, 0.05) is 5.56 Å². The Kier molecular flexibility index (Phi) is 5.40. The lowest BCUT2D eigenvalue weighted by molar-refractivity contribution is -0.115. The van der Waals surface area contributed by atoms with Crippen molar-refractivity contribution < 1.29 is 4.79 Å². The van der Waals surface area contributed by atoms with E-state index in [1.807, 2.05) is 49.4 Å². The smallest absolute Gasteiger partial charge is 0.239 e. The molecule has 1 amide bonds. The molecule has 0 bridgehead atoms. The van der Waals surface area contributed by atoms with Crippen LogP contribution in [0.1, 0.15) is 6.92 Å². The van der Waals surface area contributed by atoms with E-state index in [4.69, 9.17) is 11.6 Å². The minimum absolute atomic E-state index is 0.138. The molecule has 2 aromatic heterocycles. The number of hydrogen-bond acceptors (Lipinski definition) is 7. The minimum atomic E-state index is -0.307. The van der Waals surface area contributed by atoms with Gasteiger partial charge >= 0.3 is 0 Å². The molecule has 1 atom stereocenters. The van der Waals surface area contributed by atoms with Gasteiger partial charge in [-0.3, -0.25) is 10.1 Å².